The molecule has 0 saturated heterocycles. The van der Waals surface area contributed by atoms with Gasteiger partial charge in [-0.1, -0.05) is 54.3 Å². The summed E-state index contributed by atoms with van der Waals surface area (Å²) in [7, 11) is 0. The van der Waals surface area contributed by atoms with Crippen LogP contribution in [0.3, 0.4) is 0 Å². The first kappa shape index (κ1) is 17.5. The summed E-state index contributed by atoms with van der Waals surface area (Å²) in [4.78, 5) is 29.2. The van der Waals surface area contributed by atoms with Crippen LogP contribution < -0.4 is 5.32 Å². The van der Waals surface area contributed by atoms with Gasteiger partial charge in [-0.3, -0.25) is 14.6 Å². The molecule has 1 heterocycles. The van der Waals surface area contributed by atoms with E-state index in [2.05, 4.69) is 10.3 Å². The molecule has 0 spiro atoms. The van der Waals surface area contributed by atoms with E-state index >= 15 is 0 Å². The number of carbonyl (C=O) groups is 2. The van der Waals surface area contributed by atoms with Crippen LogP contribution in [0, 0.1) is 0 Å². The number of thiocarbonyl (C=S) groups is 1. The van der Waals surface area contributed by atoms with Crippen LogP contribution in [0.2, 0.25) is 0 Å². The lowest BCUT2D eigenvalue weighted by molar-refractivity contribution is 0.0975. The van der Waals surface area contributed by atoms with Crippen LogP contribution in [-0.4, -0.2) is 26.6 Å². The molecule has 0 saturated carbocycles. The van der Waals surface area contributed by atoms with E-state index in [1.54, 1.807) is 43.6 Å². The van der Waals surface area contributed by atoms with Gasteiger partial charge in [0.05, 0.1) is 0 Å². The van der Waals surface area contributed by atoms with E-state index in [1.807, 2.05) is 12.1 Å². The minimum Gasteiger partial charge on any atom is -0.367 e. The zero-order valence-electron chi connectivity index (χ0n) is 13.6. The predicted octanol–water partition coefficient (Wildman–Crippen LogP) is 3.59. The van der Waals surface area contributed by atoms with Gasteiger partial charge >= 0.3 is 0 Å². The number of aromatic nitrogens is 1. The number of nitrogens with zero attached hydrogens (tertiary/aromatic N) is 1. The number of fused-ring (bicyclic) bond motifs is 1. The first-order chi connectivity index (χ1) is 12.1. The summed E-state index contributed by atoms with van der Waals surface area (Å²) < 4.78 is 0.586. The van der Waals surface area contributed by atoms with Crippen molar-refractivity contribution >= 4 is 39.9 Å². The van der Waals surface area contributed by atoms with Gasteiger partial charge in [-0.2, -0.15) is 0 Å². The number of thioether (sulfide) groups is 1. The number of ketones is 2. The van der Waals surface area contributed by atoms with Crippen LogP contribution in [0.5, 0.6) is 0 Å². The molecule has 6 heteroatoms. The zero-order chi connectivity index (χ0) is 17.8. The van der Waals surface area contributed by atoms with Crippen LogP contribution in [0.15, 0.2) is 59.9 Å². The second kappa shape index (κ2) is 7.72. The number of hydrogen-bond donors (Lipinski definition) is 1. The Morgan fingerprint density at radius 1 is 1.12 bits per heavy atom. The normalized spacial score (nSPS) is 13.6. The Morgan fingerprint density at radius 2 is 1.84 bits per heavy atom. The van der Waals surface area contributed by atoms with E-state index in [0.29, 0.717) is 38.9 Å². The van der Waals surface area contributed by atoms with Gasteiger partial charge in [0.2, 0.25) is 0 Å². The molecule has 0 amide bonds. The van der Waals surface area contributed by atoms with Gasteiger partial charge in [-0.05, 0) is 18.6 Å². The molecule has 0 unspecified atom stereocenters. The van der Waals surface area contributed by atoms with Crippen molar-refractivity contribution in [1.29, 1.82) is 0 Å². The third kappa shape index (κ3) is 3.86. The van der Waals surface area contributed by atoms with Crippen molar-refractivity contribution in [3.8, 4) is 0 Å². The van der Waals surface area contributed by atoms with Gasteiger partial charge in [0.25, 0.3) is 0 Å². The molecule has 126 valence electrons. The van der Waals surface area contributed by atoms with E-state index in [1.165, 1.54) is 11.8 Å². The first-order valence-corrected chi connectivity index (χ1v) is 9.15. The Hall–Kier alpha value is -2.31. The maximum absolute atomic E-state index is 12.7. The van der Waals surface area contributed by atoms with E-state index in [-0.39, 0.29) is 11.6 Å². The molecule has 0 aliphatic heterocycles. The summed E-state index contributed by atoms with van der Waals surface area (Å²) >= 11 is 6.67. The summed E-state index contributed by atoms with van der Waals surface area (Å²) in [5.41, 5.74) is 3.02. The Labute approximate surface area is 155 Å². The molecule has 1 aromatic carbocycles. The van der Waals surface area contributed by atoms with Crippen LogP contribution >= 0.6 is 24.0 Å². The maximum Gasteiger partial charge on any atom is 0.191 e. The number of nitrogens with one attached hydrogen (secondary N) is 1. The number of Topliss-reactive ketones (excluding diaryl/α,β-unsaturated/α-hetero) is 2. The van der Waals surface area contributed by atoms with Crippen molar-refractivity contribution in [3.05, 3.63) is 76.6 Å². The van der Waals surface area contributed by atoms with Crippen molar-refractivity contribution in [2.45, 2.75) is 13.5 Å². The topological polar surface area (TPSA) is 59.1 Å². The summed E-state index contributed by atoms with van der Waals surface area (Å²) in [6.07, 6.45) is 3.49. The van der Waals surface area contributed by atoms with Crippen LogP contribution in [0.25, 0.3) is 0 Å². The minimum atomic E-state index is -0.0877. The van der Waals surface area contributed by atoms with Crippen LogP contribution in [0.1, 0.15) is 33.2 Å². The third-order valence-corrected chi connectivity index (χ3v) is 5.33. The Kier molecular flexibility index (Phi) is 5.40. The second-order valence-electron chi connectivity index (χ2n) is 5.60. The van der Waals surface area contributed by atoms with Gasteiger partial charge in [0, 0.05) is 47.0 Å². The third-order valence-electron chi connectivity index (χ3n) is 3.99. The molecule has 1 aliphatic rings. The fourth-order valence-corrected chi connectivity index (χ4v) is 3.64. The van der Waals surface area contributed by atoms with Crippen LogP contribution in [-0.2, 0) is 6.54 Å². The molecule has 1 N–H and O–H groups in total. The summed E-state index contributed by atoms with van der Waals surface area (Å²) in [6, 6.07) is 10.8. The highest BCUT2D eigenvalue weighted by Gasteiger charge is 2.29. The fourth-order valence-electron chi connectivity index (χ4n) is 2.59. The van der Waals surface area contributed by atoms with Crippen molar-refractivity contribution in [1.82, 2.24) is 10.3 Å². The van der Waals surface area contributed by atoms with E-state index < -0.39 is 0 Å². The summed E-state index contributed by atoms with van der Waals surface area (Å²) in [5, 5.41) is 3.13. The molecule has 2 aromatic rings. The van der Waals surface area contributed by atoms with E-state index in [4.69, 9.17) is 12.2 Å². The van der Waals surface area contributed by atoms with Crippen molar-refractivity contribution in [2.24, 2.45) is 0 Å². The molecule has 1 aromatic heterocycles. The van der Waals surface area contributed by atoms with Gasteiger partial charge < -0.3 is 5.32 Å². The highest BCUT2D eigenvalue weighted by atomic mass is 32.2. The Bertz CT molecular complexity index is 876. The standard InChI is InChI=1S/C19H16N2O2S2/c1-12-16(18(23)15-7-3-2-6-14(15)17(12)22)11-25-19(24)21-10-13-5-4-8-20-9-13/h2-9H,10-11H2,1H3,(H,21,24). The van der Waals surface area contributed by atoms with Crippen molar-refractivity contribution in [3.63, 3.8) is 0 Å². The largest absolute Gasteiger partial charge is 0.367 e. The van der Waals surface area contributed by atoms with Crippen molar-refractivity contribution < 1.29 is 9.59 Å². The number of rotatable bonds is 4. The second-order valence-corrected chi connectivity index (χ2v) is 7.25. The molecule has 3 rings (SSSR count). The zero-order valence-corrected chi connectivity index (χ0v) is 15.2. The number of carbonyl (C=O) groups excluding carboxylic acids is 2. The van der Waals surface area contributed by atoms with Gasteiger partial charge in [0.1, 0.15) is 4.32 Å². The van der Waals surface area contributed by atoms with Gasteiger partial charge in [-0.25, -0.2) is 0 Å². The molecule has 0 fully saturated rings. The lowest BCUT2D eigenvalue weighted by Gasteiger charge is -2.19. The molecule has 4 nitrogen and oxygen atoms in total. The first-order valence-electron chi connectivity index (χ1n) is 7.75. The van der Waals surface area contributed by atoms with E-state index in [9.17, 15) is 9.59 Å². The molecule has 0 atom stereocenters. The minimum absolute atomic E-state index is 0.0833. The lowest BCUT2D eigenvalue weighted by Crippen LogP contribution is -2.24. The van der Waals surface area contributed by atoms with Crippen molar-refractivity contribution in [2.75, 3.05) is 5.75 Å². The average Bonchev–Trinajstić information content (AvgIpc) is 2.65. The monoisotopic (exact) mass is 368 g/mol. The highest BCUT2D eigenvalue weighted by molar-refractivity contribution is 8.23. The Balaban J connectivity index is 1.64. The van der Waals surface area contributed by atoms with Gasteiger partial charge in [0.15, 0.2) is 11.6 Å². The average molecular weight is 368 g/mol. The fraction of sp³-hybridized carbons (Fsp3) is 0.158. The van der Waals surface area contributed by atoms with Crippen LogP contribution in [0.4, 0.5) is 0 Å². The van der Waals surface area contributed by atoms with Gasteiger partial charge in [-0.15, -0.1) is 0 Å². The smallest absolute Gasteiger partial charge is 0.191 e. The maximum atomic E-state index is 12.7. The van der Waals surface area contributed by atoms with E-state index in [0.717, 1.165) is 5.56 Å². The highest BCUT2D eigenvalue weighted by Crippen LogP contribution is 2.28. The number of pyridine rings is 1. The molecular weight excluding hydrogens is 352 g/mol. The molecular formula is C19H16N2O2S2. The number of allylic oxidation sites excluding steroid dienone is 1. The molecule has 0 bridgehead atoms. The number of benzene rings is 1. The Morgan fingerprint density at radius 3 is 2.52 bits per heavy atom. The summed E-state index contributed by atoms with van der Waals surface area (Å²) in [6.45, 7) is 2.28. The molecule has 25 heavy (non-hydrogen) atoms. The molecule has 0 radical (unpaired) electrons. The predicted molar refractivity (Wildman–Crippen MR) is 104 cm³/mol. The summed E-state index contributed by atoms with van der Waals surface area (Å²) in [5.74, 6) is 0.208. The SMILES string of the molecule is CC1=C(CSC(=S)NCc2cccnc2)C(=O)c2ccccc2C1=O. The lowest BCUT2D eigenvalue weighted by atomic mass is 9.85. The quantitative estimate of drug-likeness (QED) is 0.833. The number of hydrogen-bond acceptors (Lipinski definition) is 5. The molecule has 1 aliphatic carbocycles.